The minimum Gasteiger partial charge on any atom is -0.481 e. The number of carbonyl (C=O) groups is 2. The molecule has 0 radical (unpaired) electrons. The second kappa shape index (κ2) is 6.70. The summed E-state index contributed by atoms with van der Waals surface area (Å²) in [5.41, 5.74) is 4.34. The van der Waals surface area contributed by atoms with Gasteiger partial charge in [0.25, 0.3) is 0 Å². The van der Waals surface area contributed by atoms with Crippen LogP contribution in [0.1, 0.15) is 32.6 Å². The standard InChI is InChI=1S/C12H22N2O4/c1-12(11(16)17)8-18-7-9(12)14-10(15)5-3-2-4-6-13/h9H,2-8,13H2,1H3,(H,14,15)(H,16,17). The molecule has 1 fully saturated rings. The molecule has 0 aromatic rings. The van der Waals surface area contributed by atoms with Crippen molar-refractivity contribution in [2.45, 2.75) is 38.6 Å². The van der Waals surface area contributed by atoms with E-state index in [1.54, 1.807) is 6.92 Å². The maximum atomic E-state index is 11.7. The molecule has 104 valence electrons. The van der Waals surface area contributed by atoms with Crippen molar-refractivity contribution in [3.8, 4) is 0 Å². The first-order valence-corrected chi connectivity index (χ1v) is 6.31. The van der Waals surface area contributed by atoms with Gasteiger partial charge in [-0.05, 0) is 26.3 Å². The minimum atomic E-state index is -1.02. The first kappa shape index (κ1) is 14.9. The Morgan fingerprint density at radius 2 is 2.17 bits per heavy atom. The number of unbranched alkanes of at least 4 members (excludes halogenated alkanes) is 2. The van der Waals surface area contributed by atoms with Crippen LogP contribution in [0.2, 0.25) is 0 Å². The van der Waals surface area contributed by atoms with E-state index in [1.807, 2.05) is 0 Å². The van der Waals surface area contributed by atoms with Gasteiger partial charge in [0.1, 0.15) is 5.41 Å². The zero-order valence-corrected chi connectivity index (χ0v) is 10.8. The maximum Gasteiger partial charge on any atom is 0.313 e. The maximum absolute atomic E-state index is 11.7. The summed E-state index contributed by atoms with van der Waals surface area (Å²) >= 11 is 0. The number of ether oxygens (including phenoxy) is 1. The lowest BCUT2D eigenvalue weighted by molar-refractivity contribution is -0.149. The molecule has 0 spiro atoms. The molecule has 1 heterocycles. The van der Waals surface area contributed by atoms with Crippen LogP contribution in [0.3, 0.4) is 0 Å². The molecule has 1 aliphatic rings. The average molecular weight is 258 g/mol. The number of aliphatic carboxylic acids is 1. The number of carbonyl (C=O) groups excluding carboxylic acids is 1. The van der Waals surface area contributed by atoms with Gasteiger partial charge in [0, 0.05) is 6.42 Å². The third kappa shape index (κ3) is 3.68. The van der Waals surface area contributed by atoms with E-state index in [-0.39, 0.29) is 19.1 Å². The topological polar surface area (TPSA) is 102 Å². The van der Waals surface area contributed by atoms with E-state index in [4.69, 9.17) is 15.6 Å². The van der Waals surface area contributed by atoms with Crippen LogP contribution in [0.4, 0.5) is 0 Å². The van der Waals surface area contributed by atoms with Crippen molar-refractivity contribution >= 4 is 11.9 Å². The number of rotatable bonds is 7. The first-order chi connectivity index (χ1) is 8.50. The molecule has 6 nitrogen and oxygen atoms in total. The van der Waals surface area contributed by atoms with Gasteiger partial charge >= 0.3 is 5.97 Å². The van der Waals surface area contributed by atoms with E-state index in [0.29, 0.717) is 13.0 Å². The third-order valence-corrected chi connectivity index (χ3v) is 3.39. The number of hydrogen-bond acceptors (Lipinski definition) is 4. The van der Waals surface area contributed by atoms with Crippen LogP contribution in [0.15, 0.2) is 0 Å². The lowest BCUT2D eigenvalue weighted by Crippen LogP contribution is -2.49. The number of hydrogen-bond donors (Lipinski definition) is 3. The highest BCUT2D eigenvalue weighted by molar-refractivity contribution is 5.80. The predicted molar refractivity (Wildman–Crippen MR) is 66.0 cm³/mol. The summed E-state index contributed by atoms with van der Waals surface area (Å²) in [6.45, 7) is 2.63. The Morgan fingerprint density at radius 3 is 2.78 bits per heavy atom. The summed E-state index contributed by atoms with van der Waals surface area (Å²) in [7, 11) is 0. The summed E-state index contributed by atoms with van der Waals surface area (Å²) in [5.74, 6) is -1.05. The van der Waals surface area contributed by atoms with E-state index in [1.165, 1.54) is 0 Å². The highest BCUT2D eigenvalue weighted by atomic mass is 16.5. The van der Waals surface area contributed by atoms with E-state index in [0.717, 1.165) is 19.3 Å². The lowest BCUT2D eigenvalue weighted by atomic mass is 9.85. The van der Waals surface area contributed by atoms with Crippen molar-refractivity contribution in [1.29, 1.82) is 0 Å². The fourth-order valence-electron chi connectivity index (χ4n) is 1.96. The van der Waals surface area contributed by atoms with E-state index >= 15 is 0 Å². The largest absolute Gasteiger partial charge is 0.481 e. The number of carboxylic acids is 1. The molecule has 1 aliphatic heterocycles. The normalized spacial score (nSPS) is 27.1. The quantitative estimate of drug-likeness (QED) is 0.563. The van der Waals surface area contributed by atoms with Crippen molar-refractivity contribution in [1.82, 2.24) is 5.32 Å². The second-order valence-electron chi connectivity index (χ2n) is 4.96. The highest BCUT2D eigenvalue weighted by Crippen LogP contribution is 2.28. The van der Waals surface area contributed by atoms with Gasteiger partial charge < -0.3 is 20.9 Å². The predicted octanol–water partition coefficient (Wildman–Crippen LogP) is 0.111. The Kier molecular flexibility index (Phi) is 5.55. The van der Waals surface area contributed by atoms with Crippen LogP contribution < -0.4 is 11.1 Å². The van der Waals surface area contributed by atoms with Crippen LogP contribution in [0.5, 0.6) is 0 Å². The molecule has 0 aromatic carbocycles. The Hall–Kier alpha value is -1.14. The SMILES string of the molecule is CC1(C(=O)O)COCC1NC(=O)CCCCCN. The molecule has 4 N–H and O–H groups in total. The average Bonchev–Trinajstić information content (AvgIpc) is 2.68. The van der Waals surface area contributed by atoms with Crippen molar-refractivity contribution in [3.63, 3.8) is 0 Å². The summed E-state index contributed by atoms with van der Waals surface area (Å²) in [4.78, 5) is 22.9. The Labute approximate surface area is 107 Å². The van der Waals surface area contributed by atoms with Crippen LogP contribution >= 0.6 is 0 Å². The van der Waals surface area contributed by atoms with Crippen LogP contribution in [-0.4, -0.2) is 42.8 Å². The molecular weight excluding hydrogens is 236 g/mol. The van der Waals surface area contributed by atoms with E-state index in [9.17, 15) is 9.59 Å². The summed E-state index contributed by atoms with van der Waals surface area (Å²) < 4.78 is 5.17. The molecule has 2 unspecified atom stereocenters. The van der Waals surface area contributed by atoms with Crippen molar-refractivity contribution in [3.05, 3.63) is 0 Å². The van der Waals surface area contributed by atoms with Gasteiger partial charge in [-0.15, -0.1) is 0 Å². The highest BCUT2D eigenvalue weighted by Gasteiger charge is 2.47. The molecule has 1 saturated heterocycles. The molecule has 18 heavy (non-hydrogen) atoms. The fourth-order valence-corrected chi connectivity index (χ4v) is 1.96. The third-order valence-electron chi connectivity index (χ3n) is 3.39. The molecule has 0 saturated carbocycles. The van der Waals surface area contributed by atoms with Crippen molar-refractivity contribution < 1.29 is 19.4 Å². The van der Waals surface area contributed by atoms with Gasteiger partial charge in [-0.1, -0.05) is 6.42 Å². The molecule has 6 heteroatoms. The summed E-state index contributed by atoms with van der Waals surface area (Å²) in [6, 6.07) is -0.447. The molecule has 0 bridgehead atoms. The molecule has 0 aliphatic carbocycles. The summed E-state index contributed by atoms with van der Waals surface area (Å²) in [5, 5.41) is 11.9. The second-order valence-corrected chi connectivity index (χ2v) is 4.96. The van der Waals surface area contributed by atoms with Crippen LogP contribution in [-0.2, 0) is 14.3 Å². The van der Waals surface area contributed by atoms with Gasteiger partial charge in [0.15, 0.2) is 0 Å². The van der Waals surface area contributed by atoms with Gasteiger partial charge in [-0.3, -0.25) is 9.59 Å². The van der Waals surface area contributed by atoms with Gasteiger partial charge in [-0.25, -0.2) is 0 Å². The molecule has 1 amide bonds. The summed E-state index contributed by atoms with van der Waals surface area (Å²) in [6.07, 6.45) is 3.01. The van der Waals surface area contributed by atoms with E-state index < -0.39 is 17.4 Å². The molecular formula is C12H22N2O4. The zero-order valence-electron chi connectivity index (χ0n) is 10.8. The van der Waals surface area contributed by atoms with Crippen LogP contribution in [0.25, 0.3) is 0 Å². The number of amides is 1. The Bertz CT molecular complexity index is 308. The molecule has 1 rings (SSSR count). The zero-order chi connectivity index (χ0) is 13.6. The minimum absolute atomic E-state index is 0.116. The van der Waals surface area contributed by atoms with Crippen molar-refractivity contribution in [2.24, 2.45) is 11.1 Å². The van der Waals surface area contributed by atoms with Gasteiger partial charge in [0.05, 0.1) is 19.3 Å². The van der Waals surface area contributed by atoms with Crippen molar-refractivity contribution in [2.75, 3.05) is 19.8 Å². The lowest BCUT2D eigenvalue weighted by Gasteiger charge is -2.25. The first-order valence-electron chi connectivity index (χ1n) is 6.31. The molecule has 0 aromatic heterocycles. The number of carboxylic acid groups (broad SMARTS) is 1. The number of nitrogens with one attached hydrogen (secondary N) is 1. The van der Waals surface area contributed by atoms with Gasteiger partial charge in [-0.2, -0.15) is 0 Å². The fraction of sp³-hybridized carbons (Fsp3) is 0.833. The Balaban J connectivity index is 2.37. The Morgan fingerprint density at radius 1 is 1.44 bits per heavy atom. The van der Waals surface area contributed by atoms with Crippen LogP contribution in [0, 0.1) is 5.41 Å². The number of nitrogens with two attached hydrogens (primary N) is 1. The van der Waals surface area contributed by atoms with E-state index in [2.05, 4.69) is 5.32 Å². The molecule has 2 atom stereocenters. The van der Waals surface area contributed by atoms with Gasteiger partial charge in [0.2, 0.25) is 5.91 Å². The smallest absolute Gasteiger partial charge is 0.313 e. The monoisotopic (exact) mass is 258 g/mol.